The molecule has 0 saturated carbocycles. The van der Waals surface area contributed by atoms with Crippen LogP contribution in [0.15, 0.2) is 30.3 Å². The number of fused-ring (bicyclic) bond motifs is 1. The molecule has 29 heavy (non-hydrogen) atoms. The van der Waals surface area contributed by atoms with Crippen LogP contribution in [0.4, 0.5) is 5.13 Å². The third-order valence-electron chi connectivity index (χ3n) is 5.29. The lowest BCUT2D eigenvalue weighted by Gasteiger charge is -2.06. The van der Waals surface area contributed by atoms with Crippen LogP contribution in [0.5, 0.6) is 0 Å². The molecule has 150 valence electrons. The van der Waals surface area contributed by atoms with Crippen LogP contribution in [0.3, 0.4) is 0 Å². The molecule has 0 spiro atoms. The quantitative estimate of drug-likeness (QED) is 0.512. The third-order valence-corrected chi connectivity index (χ3v) is 6.36. The van der Waals surface area contributed by atoms with Crippen molar-refractivity contribution in [2.45, 2.75) is 52.4 Å². The summed E-state index contributed by atoms with van der Waals surface area (Å²) in [6.07, 6.45) is 6.68. The molecule has 2 aromatic heterocycles. The average Bonchev–Trinajstić information content (AvgIpc) is 3.21. The number of carbonyl (C=O) groups is 2. The van der Waals surface area contributed by atoms with Gasteiger partial charge in [0, 0.05) is 4.88 Å². The van der Waals surface area contributed by atoms with Crippen LogP contribution >= 0.6 is 11.3 Å². The number of thiazole rings is 1. The maximum Gasteiger partial charge on any atom is 0.298 e. The van der Waals surface area contributed by atoms with Crippen LogP contribution in [0.1, 0.15) is 58.0 Å². The third kappa shape index (κ3) is 4.00. The van der Waals surface area contributed by atoms with E-state index in [0.717, 1.165) is 37.1 Å². The largest absolute Gasteiger partial charge is 0.298 e. The lowest BCUT2D eigenvalue weighted by atomic mass is 10.0. The number of anilines is 1. The Hall–Kier alpha value is -2.80. The van der Waals surface area contributed by atoms with E-state index in [2.05, 4.69) is 15.4 Å². The van der Waals surface area contributed by atoms with Crippen molar-refractivity contribution in [3.8, 4) is 5.69 Å². The summed E-state index contributed by atoms with van der Waals surface area (Å²) in [7, 11) is 0. The minimum atomic E-state index is -0.662. The number of nitrogens with one attached hydrogen (secondary N) is 1. The van der Waals surface area contributed by atoms with Gasteiger partial charge in [0.15, 0.2) is 5.13 Å². The minimum absolute atomic E-state index is 0.348. The lowest BCUT2D eigenvalue weighted by Crippen LogP contribution is -2.24. The summed E-state index contributed by atoms with van der Waals surface area (Å²) < 4.78 is 1.70. The Kier molecular flexibility index (Phi) is 5.58. The molecule has 0 unspecified atom stereocenters. The van der Waals surface area contributed by atoms with Crippen molar-refractivity contribution in [3.63, 3.8) is 0 Å². The maximum absolute atomic E-state index is 12.9. The number of carbonyl (C=O) groups excluding carboxylic acids is 2. The van der Waals surface area contributed by atoms with E-state index in [4.69, 9.17) is 0 Å². The Morgan fingerprint density at radius 1 is 1.03 bits per heavy atom. The first-order chi connectivity index (χ1) is 14.0. The highest BCUT2D eigenvalue weighted by Gasteiger charge is 2.26. The second kappa shape index (κ2) is 8.29. The normalized spacial score (nSPS) is 14.0. The van der Waals surface area contributed by atoms with E-state index < -0.39 is 11.7 Å². The van der Waals surface area contributed by atoms with Gasteiger partial charge >= 0.3 is 0 Å². The van der Waals surface area contributed by atoms with Crippen LogP contribution in [-0.4, -0.2) is 26.5 Å². The first-order valence-electron chi connectivity index (χ1n) is 10.0. The zero-order chi connectivity index (χ0) is 20.4. The molecule has 0 fully saturated rings. The first-order valence-corrected chi connectivity index (χ1v) is 10.8. The fraction of sp³-hybridized carbons (Fsp3) is 0.364. The second-order valence-corrected chi connectivity index (χ2v) is 8.46. The SMILES string of the molecule is Cc1nn(-c2ccccc2)c(C)c1C(=O)C(=O)Nc1nc2c(s1)CCCCCC2. The fourth-order valence-electron chi connectivity index (χ4n) is 3.82. The van der Waals surface area contributed by atoms with Gasteiger partial charge in [-0.05, 0) is 51.7 Å². The molecule has 1 amide bonds. The molecule has 1 aliphatic carbocycles. The smallest absolute Gasteiger partial charge is 0.295 e. The molecule has 1 aromatic carbocycles. The van der Waals surface area contributed by atoms with Gasteiger partial charge < -0.3 is 0 Å². The van der Waals surface area contributed by atoms with E-state index in [9.17, 15) is 9.59 Å². The summed E-state index contributed by atoms with van der Waals surface area (Å²) in [4.78, 5) is 31.4. The number of aryl methyl sites for hydroxylation is 3. The van der Waals surface area contributed by atoms with E-state index in [0.29, 0.717) is 22.1 Å². The fourth-order valence-corrected chi connectivity index (χ4v) is 4.86. The molecular weight excluding hydrogens is 384 g/mol. The number of ketones is 1. The zero-order valence-electron chi connectivity index (χ0n) is 16.7. The van der Waals surface area contributed by atoms with E-state index in [1.807, 2.05) is 37.3 Å². The molecule has 2 heterocycles. The van der Waals surface area contributed by atoms with Crippen molar-refractivity contribution in [1.29, 1.82) is 0 Å². The highest BCUT2D eigenvalue weighted by atomic mass is 32.1. The van der Waals surface area contributed by atoms with Crippen molar-refractivity contribution in [3.05, 3.63) is 57.9 Å². The topological polar surface area (TPSA) is 76.9 Å². The Morgan fingerprint density at radius 3 is 2.52 bits per heavy atom. The molecule has 1 aliphatic rings. The summed E-state index contributed by atoms with van der Waals surface area (Å²) >= 11 is 1.49. The van der Waals surface area contributed by atoms with Gasteiger partial charge in [-0.3, -0.25) is 14.9 Å². The summed E-state index contributed by atoms with van der Waals surface area (Å²) in [5.74, 6) is -1.24. The molecular formula is C22H24N4O2S. The lowest BCUT2D eigenvalue weighted by molar-refractivity contribution is -0.112. The van der Waals surface area contributed by atoms with Gasteiger partial charge in [0.2, 0.25) is 0 Å². The average molecular weight is 409 g/mol. The molecule has 0 atom stereocenters. The van der Waals surface area contributed by atoms with Gasteiger partial charge in [0.25, 0.3) is 11.7 Å². The number of para-hydroxylation sites is 1. The number of aromatic nitrogens is 3. The molecule has 0 radical (unpaired) electrons. The standard InChI is InChI=1S/C22H24N4O2S/c1-14-19(15(2)26(25-14)16-10-6-5-7-11-16)20(27)21(28)24-22-23-17-12-8-3-4-9-13-18(17)29-22/h5-7,10-11H,3-4,8-9,12-13H2,1-2H3,(H,23,24,28). The van der Waals surface area contributed by atoms with Gasteiger partial charge in [0.1, 0.15) is 0 Å². The first kappa shape index (κ1) is 19.5. The molecule has 1 N–H and O–H groups in total. The van der Waals surface area contributed by atoms with Gasteiger partial charge in [-0.25, -0.2) is 9.67 Å². The van der Waals surface area contributed by atoms with E-state index in [1.54, 1.807) is 11.6 Å². The minimum Gasteiger partial charge on any atom is -0.295 e. The summed E-state index contributed by atoms with van der Waals surface area (Å²) in [5.41, 5.74) is 3.47. The monoisotopic (exact) mass is 408 g/mol. The number of amides is 1. The zero-order valence-corrected chi connectivity index (χ0v) is 17.5. The van der Waals surface area contributed by atoms with Gasteiger partial charge in [-0.1, -0.05) is 31.0 Å². The number of rotatable bonds is 4. The number of Topliss-reactive ketones (excluding diaryl/α,β-unsaturated/α-hetero) is 1. The summed E-state index contributed by atoms with van der Waals surface area (Å²) in [6.45, 7) is 3.56. The Balaban J connectivity index is 1.55. The highest BCUT2D eigenvalue weighted by Crippen LogP contribution is 2.29. The van der Waals surface area contributed by atoms with E-state index >= 15 is 0 Å². The van der Waals surface area contributed by atoms with Crippen molar-refractivity contribution < 1.29 is 9.59 Å². The van der Waals surface area contributed by atoms with Crippen LogP contribution in [-0.2, 0) is 17.6 Å². The molecule has 3 aromatic rings. The number of hydrogen-bond donors (Lipinski definition) is 1. The summed E-state index contributed by atoms with van der Waals surface area (Å²) in [5, 5.41) is 7.71. The van der Waals surface area contributed by atoms with Crippen LogP contribution in [0.25, 0.3) is 5.69 Å². The molecule has 4 rings (SSSR count). The second-order valence-electron chi connectivity index (χ2n) is 7.38. The Bertz CT molecular complexity index is 1030. The number of nitrogens with zero attached hydrogens (tertiary/aromatic N) is 3. The predicted molar refractivity (Wildman–Crippen MR) is 114 cm³/mol. The Morgan fingerprint density at radius 2 is 1.76 bits per heavy atom. The Labute approximate surface area is 174 Å². The van der Waals surface area contributed by atoms with Gasteiger partial charge in [0.05, 0.1) is 28.3 Å². The van der Waals surface area contributed by atoms with E-state index in [-0.39, 0.29) is 0 Å². The molecule has 0 saturated heterocycles. The molecule has 0 bridgehead atoms. The summed E-state index contributed by atoms with van der Waals surface area (Å²) in [6, 6.07) is 9.58. The van der Waals surface area contributed by atoms with Gasteiger partial charge in [-0.2, -0.15) is 5.10 Å². The molecule has 0 aliphatic heterocycles. The van der Waals surface area contributed by atoms with Gasteiger partial charge in [-0.15, -0.1) is 11.3 Å². The predicted octanol–water partition coefficient (Wildman–Crippen LogP) is 4.43. The van der Waals surface area contributed by atoms with Crippen LogP contribution < -0.4 is 5.32 Å². The molecule has 6 nitrogen and oxygen atoms in total. The highest BCUT2D eigenvalue weighted by molar-refractivity contribution is 7.16. The maximum atomic E-state index is 12.9. The van der Waals surface area contributed by atoms with Crippen molar-refractivity contribution in [2.24, 2.45) is 0 Å². The number of hydrogen-bond acceptors (Lipinski definition) is 5. The van der Waals surface area contributed by atoms with Crippen molar-refractivity contribution >= 4 is 28.2 Å². The van der Waals surface area contributed by atoms with Crippen molar-refractivity contribution in [2.75, 3.05) is 5.32 Å². The van der Waals surface area contributed by atoms with Crippen LogP contribution in [0, 0.1) is 13.8 Å². The van der Waals surface area contributed by atoms with E-state index in [1.165, 1.54) is 29.1 Å². The molecule has 7 heteroatoms. The number of benzene rings is 1. The van der Waals surface area contributed by atoms with Crippen LogP contribution in [0.2, 0.25) is 0 Å². The van der Waals surface area contributed by atoms with Crippen molar-refractivity contribution in [1.82, 2.24) is 14.8 Å².